The lowest BCUT2D eigenvalue weighted by atomic mass is 9.74. The molecule has 1 heterocycles. The third-order valence-electron chi connectivity index (χ3n) is 3.36. The van der Waals surface area contributed by atoms with Crippen LogP contribution >= 0.6 is 0 Å². The zero-order valence-corrected chi connectivity index (χ0v) is 10.7. The first-order chi connectivity index (χ1) is 8.08. The molecule has 1 aromatic rings. The van der Waals surface area contributed by atoms with E-state index in [-0.39, 0.29) is 5.69 Å². The molecule has 0 aliphatic carbocycles. The minimum Gasteiger partial charge on any atom is -0.481 e. The van der Waals surface area contributed by atoms with E-state index in [9.17, 15) is 14.4 Å². The Labute approximate surface area is 104 Å². The van der Waals surface area contributed by atoms with Crippen molar-refractivity contribution in [2.75, 3.05) is 0 Å². The number of rotatable bonds is 4. The van der Waals surface area contributed by atoms with Crippen LogP contribution in [0.3, 0.4) is 0 Å². The van der Waals surface area contributed by atoms with Gasteiger partial charge in [-0.2, -0.15) is 0 Å². The summed E-state index contributed by atoms with van der Waals surface area (Å²) >= 11 is 0. The molecule has 0 radical (unpaired) electrons. The van der Waals surface area contributed by atoms with Crippen molar-refractivity contribution < 1.29 is 14.7 Å². The van der Waals surface area contributed by atoms with E-state index in [2.05, 4.69) is 15.3 Å². The highest BCUT2D eigenvalue weighted by molar-refractivity contribution is 5.93. The van der Waals surface area contributed by atoms with Crippen molar-refractivity contribution in [1.29, 1.82) is 0 Å². The number of carbonyl (C=O) groups is 2. The van der Waals surface area contributed by atoms with Crippen molar-refractivity contribution in [3.05, 3.63) is 22.4 Å². The molecule has 0 aliphatic rings. The molecule has 0 atom stereocenters. The van der Waals surface area contributed by atoms with E-state index in [1.54, 1.807) is 13.8 Å². The maximum absolute atomic E-state index is 11.8. The van der Waals surface area contributed by atoms with Gasteiger partial charge in [0.1, 0.15) is 5.69 Å². The summed E-state index contributed by atoms with van der Waals surface area (Å²) in [6.07, 6.45) is 1.24. The Balaban J connectivity index is 2.93. The standard InChI is InChI=1S/C11H17N3O4/c1-10(2,8(16)17)11(3,4)14-7(15)6-5-12-9(18)13-6/h5H,1-4H3,(H,14,15)(H,16,17)(H2,12,13,18). The van der Waals surface area contributed by atoms with Gasteiger partial charge >= 0.3 is 11.7 Å². The van der Waals surface area contributed by atoms with Crippen LogP contribution in [0.15, 0.2) is 11.0 Å². The molecule has 0 saturated carbocycles. The van der Waals surface area contributed by atoms with Crippen molar-refractivity contribution in [1.82, 2.24) is 15.3 Å². The van der Waals surface area contributed by atoms with Gasteiger partial charge in [0.2, 0.25) is 0 Å². The molecular formula is C11H17N3O4. The van der Waals surface area contributed by atoms with Crippen LogP contribution in [-0.2, 0) is 4.79 Å². The second-order valence-electron chi connectivity index (χ2n) is 5.17. The Morgan fingerprint density at radius 1 is 1.28 bits per heavy atom. The minimum absolute atomic E-state index is 0.0641. The van der Waals surface area contributed by atoms with Gasteiger partial charge in [0.05, 0.1) is 11.0 Å². The Morgan fingerprint density at radius 3 is 2.22 bits per heavy atom. The zero-order chi connectivity index (χ0) is 14.1. The largest absolute Gasteiger partial charge is 0.481 e. The Bertz CT molecular complexity index is 524. The topological polar surface area (TPSA) is 115 Å². The van der Waals surface area contributed by atoms with Crippen molar-refractivity contribution in [3.8, 4) is 0 Å². The number of amides is 1. The third-order valence-corrected chi connectivity index (χ3v) is 3.36. The van der Waals surface area contributed by atoms with Crippen LogP contribution in [0.5, 0.6) is 0 Å². The number of imidazole rings is 1. The zero-order valence-electron chi connectivity index (χ0n) is 10.7. The molecule has 0 fully saturated rings. The maximum Gasteiger partial charge on any atom is 0.323 e. The summed E-state index contributed by atoms with van der Waals surface area (Å²) in [5.41, 5.74) is -2.56. The van der Waals surface area contributed by atoms with Gasteiger partial charge in [0.25, 0.3) is 5.91 Å². The number of hydrogen-bond donors (Lipinski definition) is 4. The molecule has 0 aromatic carbocycles. The number of carbonyl (C=O) groups excluding carboxylic acids is 1. The van der Waals surface area contributed by atoms with Crippen molar-refractivity contribution in [3.63, 3.8) is 0 Å². The Morgan fingerprint density at radius 2 is 1.83 bits per heavy atom. The number of aromatic amines is 2. The molecule has 0 saturated heterocycles. The number of carboxylic acids is 1. The monoisotopic (exact) mass is 255 g/mol. The normalized spacial score (nSPS) is 12.2. The maximum atomic E-state index is 11.8. The third kappa shape index (κ3) is 2.44. The molecule has 0 aliphatic heterocycles. The Kier molecular flexibility index (Phi) is 3.36. The molecular weight excluding hydrogens is 238 g/mol. The average molecular weight is 255 g/mol. The first kappa shape index (κ1) is 14.0. The number of nitrogens with one attached hydrogen (secondary N) is 3. The summed E-state index contributed by atoms with van der Waals surface area (Å²) < 4.78 is 0. The van der Waals surface area contributed by atoms with Gasteiger partial charge < -0.3 is 20.4 Å². The van der Waals surface area contributed by atoms with Crippen LogP contribution in [0.2, 0.25) is 0 Å². The second kappa shape index (κ2) is 4.32. The highest BCUT2D eigenvalue weighted by atomic mass is 16.4. The van der Waals surface area contributed by atoms with Gasteiger partial charge in [-0.3, -0.25) is 9.59 Å². The van der Waals surface area contributed by atoms with E-state index in [0.29, 0.717) is 0 Å². The second-order valence-corrected chi connectivity index (χ2v) is 5.17. The van der Waals surface area contributed by atoms with Gasteiger partial charge in [0.15, 0.2) is 0 Å². The quantitative estimate of drug-likeness (QED) is 0.620. The summed E-state index contributed by atoms with van der Waals surface area (Å²) in [4.78, 5) is 38.5. The number of hydrogen-bond acceptors (Lipinski definition) is 3. The lowest BCUT2D eigenvalue weighted by Crippen LogP contribution is -2.57. The van der Waals surface area contributed by atoms with Crippen LogP contribution in [0.1, 0.15) is 38.2 Å². The lowest BCUT2D eigenvalue weighted by molar-refractivity contribution is -0.150. The summed E-state index contributed by atoms with van der Waals surface area (Å²) in [6.45, 7) is 6.28. The lowest BCUT2D eigenvalue weighted by Gasteiger charge is -2.38. The van der Waals surface area contributed by atoms with E-state index in [1.165, 1.54) is 20.0 Å². The van der Waals surface area contributed by atoms with Gasteiger partial charge in [-0.05, 0) is 27.7 Å². The summed E-state index contributed by atoms with van der Waals surface area (Å²) in [7, 11) is 0. The van der Waals surface area contributed by atoms with Gasteiger partial charge in [-0.15, -0.1) is 0 Å². The highest BCUT2D eigenvalue weighted by Gasteiger charge is 2.44. The summed E-state index contributed by atoms with van der Waals surface area (Å²) in [5.74, 6) is -1.55. The molecule has 1 aromatic heterocycles. The molecule has 0 spiro atoms. The number of H-pyrrole nitrogens is 2. The molecule has 0 unspecified atom stereocenters. The van der Waals surface area contributed by atoms with Crippen LogP contribution in [-0.4, -0.2) is 32.5 Å². The first-order valence-electron chi connectivity index (χ1n) is 5.41. The number of aromatic nitrogens is 2. The predicted molar refractivity (Wildman–Crippen MR) is 64.4 cm³/mol. The number of aliphatic carboxylic acids is 1. The first-order valence-corrected chi connectivity index (χ1v) is 5.41. The fraction of sp³-hybridized carbons (Fsp3) is 0.545. The molecule has 100 valence electrons. The Hall–Kier alpha value is -2.05. The van der Waals surface area contributed by atoms with E-state index in [0.717, 1.165) is 0 Å². The highest BCUT2D eigenvalue weighted by Crippen LogP contribution is 2.30. The fourth-order valence-electron chi connectivity index (χ4n) is 1.23. The molecule has 1 amide bonds. The van der Waals surface area contributed by atoms with Crippen molar-refractivity contribution >= 4 is 11.9 Å². The molecule has 7 heteroatoms. The van der Waals surface area contributed by atoms with E-state index in [4.69, 9.17) is 5.11 Å². The smallest absolute Gasteiger partial charge is 0.323 e. The van der Waals surface area contributed by atoms with E-state index >= 15 is 0 Å². The van der Waals surface area contributed by atoms with Crippen molar-refractivity contribution in [2.24, 2.45) is 5.41 Å². The molecule has 18 heavy (non-hydrogen) atoms. The molecule has 4 N–H and O–H groups in total. The van der Waals surface area contributed by atoms with E-state index < -0.39 is 28.5 Å². The summed E-state index contributed by atoms with van der Waals surface area (Å²) in [5, 5.41) is 11.7. The van der Waals surface area contributed by atoms with Crippen LogP contribution in [0.4, 0.5) is 0 Å². The summed E-state index contributed by atoms with van der Waals surface area (Å²) in [6, 6.07) is 0. The SMILES string of the molecule is CC(C)(NC(=O)c1c[nH]c(=O)[nH]1)C(C)(C)C(=O)O. The van der Waals surface area contributed by atoms with Crippen LogP contribution < -0.4 is 11.0 Å². The molecule has 7 nitrogen and oxygen atoms in total. The minimum atomic E-state index is -1.15. The predicted octanol–water partition coefficient (Wildman–Crippen LogP) is 0.322. The molecule has 0 bridgehead atoms. The van der Waals surface area contributed by atoms with Gasteiger partial charge in [-0.25, -0.2) is 4.79 Å². The fourth-order valence-corrected chi connectivity index (χ4v) is 1.23. The van der Waals surface area contributed by atoms with E-state index in [1.807, 2.05) is 0 Å². The van der Waals surface area contributed by atoms with Gasteiger partial charge in [0, 0.05) is 6.20 Å². The number of carboxylic acid groups (broad SMARTS) is 1. The van der Waals surface area contributed by atoms with Gasteiger partial charge in [-0.1, -0.05) is 0 Å². The van der Waals surface area contributed by atoms with Crippen LogP contribution in [0, 0.1) is 5.41 Å². The van der Waals surface area contributed by atoms with Crippen molar-refractivity contribution in [2.45, 2.75) is 33.2 Å². The van der Waals surface area contributed by atoms with Crippen LogP contribution in [0.25, 0.3) is 0 Å². The average Bonchev–Trinajstić information content (AvgIpc) is 2.63. The molecule has 1 rings (SSSR count).